The molecule has 3 rings (SSSR count). The molecule has 5 N–H and O–H groups in total. The summed E-state index contributed by atoms with van der Waals surface area (Å²) in [4.78, 5) is 35.6. The molecule has 2 atom stereocenters. The van der Waals surface area contributed by atoms with Gasteiger partial charge in [-0.05, 0) is 50.6 Å². The summed E-state index contributed by atoms with van der Waals surface area (Å²) in [6, 6.07) is 3.74. The quantitative estimate of drug-likeness (QED) is 0.0822. The van der Waals surface area contributed by atoms with Crippen LogP contribution in [-0.4, -0.2) is 131 Å². The Morgan fingerprint density at radius 2 is 1.80 bits per heavy atom. The van der Waals surface area contributed by atoms with Crippen molar-refractivity contribution >= 4 is 76.0 Å². The van der Waals surface area contributed by atoms with Crippen LogP contribution in [0.2, 0.25) is 0 Å². The average Bonchev–Trinajstić information content (AvgIpc) is 3.56. The second-order valence-electron chi connectivity index (χ2n) is 10.3. The molecule has 3 amide bonds. The number of rotatable bonds is 16. The Balaban J connectivity index is 0.000000397. The molecule has 2 aliphatic rings. The predicted octanol–water partition coefficient (Wildman–Crippen LogP) is 3.60. The molecule has 0 aliphatic carbocycles. The molecule has 49 heavy (non-hydrogen) atoms. The Bertz CT molecular complexity index is 1310. The molecular weight excluding hydrogens is 769 g/mol. The summed E-state index contributed by atoms with van der Waals surface area (Å²) < 4.78 is 47.2. The Morgan fingerprint density at radius 1 is 1.12 bits per heavy atom. The number of ether oxygens (including phenoxy) is 1. The van der Waals surface area contributed by atoms with Crippen LogP contribution in [0, 0.1) is 4.91 Å². The first kappa shape index (κ1) is 45.5. The largest absolute Gasteiger partial charge is 0.496 e. The molecule has 16 nitrogen and oxygen atoms in total. The van der Waals surface area contributed by atoms with Gasteiger partial charge in [-0.2, -0.15) is 5.01 Å². The first-order valence-corrected chi connectivity index (χ1v) is 20.7. The number of carbonyl (C=O) groups is 2. The summed E-state index contributed by atoms with van der Waals surface area (Å²) in [6.07, 6.45) is 3.06. The maximum Gasteiger partial charge on any atom is 0.343 e. The van der Waals surface area contributed by atoms with Gasteiger partial charge in [0, 0.05) is 62.3 Å². The highest BCUT2D eigenvalue weighted by Gasteiger charge is 2.33. The van der Waals surface area contributed by atoms with Crippen LogP contribution < -0.4 is 25.6 Å². The lowest BCUT2D eigenvalue weighted by Crippen LogP contribution is -2.40. The fraction of sp³-hybridized carbons (Fsp3) is 0.704. The van der Waals surface area contributed by atoms with Gasteiger partial charge in [-0.15, -0.1) is 51.3 Å². The molecule has 2 unspecified atom stereocenters. The van der Waals surface area contributed by atoms with Crippen LogP contribution in [-0.2, 0) is 19.1 Å². The van der Waals surface area contributed by atoms with Crippen molar-refractivity contribution in [3.05, 3.63) is 28.7 Å². The van der Waals surface area contributed by atoms with Gasteiger partial charge in [0.15, 0.2) is 0 Å². The summed E-state index contributed by atoms with van der Waals surface area (Å²) in [5.74, 6) is 1.25. The van der Waals surface area contributed by atoms with E-state index in [4.69, 9.17) is 60.8 Å². The number of halogens is 4. The van der Waals surface area contributed by atoms with Gasteiger partial charge < -0.3 is 19.9 Å². The zero-order chi connectivity index (χ0) is 36.9. The molecule has 22 heteroatoms. The Kier molecular flexibility index (Phi) is 22.9. The van der Waals surface area contributed by atoms with Gasteiger partial charge in [0.25, 0.3) is 5.91 Å². The van der Waals surface area contributed by atoms with E-state index in [0.717, 1.165) is 38.9 Å². The van der Waals surface area contributed by atoms with Crippen molar-refractivity contribution in [1.82, 2.24) is 30.3 Å². The van der Waals surface area contributed by atoms with E-state index in [1.54, 1.807) is 4.67 Å². The van der Waals surface area contributed by atoms with Crippen molar-refractivity contribution in [1.29, 1.82) is 0 Å². The highest BCUT2D eigenvalue weighted by Crippen LogP contribution is 2.48. The van der Waals surface area contributed by atoms with Crippen molar-refractivity contribution in [2.24, 2.45) is 10.4 Å². The van der Waals surface area contributed by atoms with Crippen molar-refractivity contribution < 1.29 is 31.8 Å². The van der Waals surface area contributed by atoms with Crippen molar-refractivity contribution in [3.63, 3.8) is 0 Å². The van der Waals surface area contributed by atoms with Gasteiger partial charge in [0.05, 0.1) is 36.0 Å². The Morgan fingerprint density at radius 3 is 2.31 bits per heavy atom. The molecule has 2 heterocycles. The van der Waals surface area contributed by atoms with Crippen LogP contribution in [0.4, 0.5) is 4.79 Å². The second kappa shape index (κ2) is 24.6. The lowest BCUT2D eigenvalue weighted by molar-refractivity contribution is 0.0938. The SMILES string of the molecule is CCN1CCCC1CNC(=O)c1cc(S(N)(=O)=O)ccc1OC.O=NN(CCCl)C(=O)NCCCl.O=P1(N(CCCl)CCCl)NCCCO1. The number of amides is 3. The van der Waals surface area contributed by atoms with Crippen molar-refractivity contribution in [2.75, 3.05) is 89.6 Å². The third-order valence-electron chi connectivity index (χ3n) is 7.10. The smallest absolute Gasteiger partial charge is 0.343 e. The molecule has 2 saturated heterocycles. The minimum Gasteiger partial charge on any atom is -0.496 e. The van der Waals surface area contributed by atoms with Gasteiger partial charge in [-0.1, -0.05) is 6.92 Å². The number of methoxy groups -OCH3 is 1. The monoisotopic (exact) mass is 814 g/mol. The number of nitrogens with two attached hydrogens (primary N) is 1. The highest BCUT2D eigenvalue weighted by atomic mass is 35.5. The fourth-order valence-electron chi connectivity index (χ4n) is 4.67. The van der Waals surface area contributed by atoms with E-state index in [1.807, 2.05) is 0 Å². The van der Waals surface area contributed by atoms with Crippen LogP contribution in [0.3, 0.4) is 0 Å². The maximum absolute atomic E-state index is 12.4. The van der Waals surface area contributed by atoms with E-state index >= 15 is 0 Å². The first-order valence-electron chi connectivity index (χ1n) is 15.5. The number of nitrogens with zero attached hydrogens (tertiary/aromatic N) is 4. The van der Waals surface area contributed by atoms with E-state index in [-0.39, 0.29) is 28.8 Å². The predicted molar refractivity (Wildman–Crippen MR) is 194 cm³/mol. The number of nitroso groups, excluding NO2 is 1. The number of primary sulfonamides is 1. The van der Waals surface area contributed by atoms with E-state index in [0.29, 0.717) is 67.2 Å². The zero-order valence-corrected chi connectivity index (χ0v) is 32.4. The van der Waals surface area contributed by atoms with Crippen LogP contribution >= 0.6 is 54.1 Å². The normalized spacial score (nSPS) is 19.1. The summed E-state index contributed by atoms with van der Waals surface area (Å²) in [7, 11) is -5.28. The number of benzene rings is 1. The number of hydrogen-bond donors (Lipinski definition) is 4. The molecule has 0 spiro atoms. The van der Waals surface area contributed by atoms with Gasteiger partial charge in [-0.25, -0.2) is 28.1 Å². The molecule has 0 saturated carbocycles. The number of hydrogen-bond acceptors (Lipinski definition) is 10. The van der Waals surface area contributed by atoms with Gasteiger partial charge >= 0.3 is 13.7 Å². The number of likely N-dealkylation sites (tertiary alicyclic amines) is 1. The van der Waals surface area contributed by atoms with Gasteiger partial charge in [-0.3, -0.25) is 14.3 Å². The molecule has 0 bridgehead atoms. The van der Waals surface area contributed by atoms with E-state index in [1.165, 1.54) is 25.3 Å². The van der Waals surface area contributed by atoms with Gasteiger partial charge in [0.1, 0.15) is 5.75 Å². The minimum absolute atomic E-state index is 0.0964. The minimum atomic E-state index is -3.87. The summed E-state index contributed by atoms with van der Waals surface area (Å²) >= 11 is 21.9. The maximum atomic E-state index is 12.4. The van der Waals surface area contributed by atoms with E-state index in [9.17, 15) is 27.5 Å². The lowest BCUT2D eigenvalue weighted by atomic mass is 10.1. The van der Waals surface area contributed by atoms with Crippen LogP contribution in [0.25, 0.3) is 0 Å². The van der Waals surface area contributed by atoms with E-state index in [2.05, 4.69) is 32.8 Å². The summed E-state index contributed by atoms with van der Waals surface area (Å²) in [5.41, 5.74) is 0.167. The van der Waals surface area contributed by atoms with Crippen molar-refractivity contribution in [2.45, 2.75) is 37.1 Å². The molecule has 0 radical (unpaired) electrons. The highest BCUT2D eigenvalue weighted by molar-refractivity contribution is 7.89. The molecule has 1 aromatic carbocycles. The zero-order valence-electron chi connectivity index (χ0n) is 27.6. The number of urea groups is 1. The third-order valence-corrected chi connectivity index (χ3v) is 11.0. The molecule has 2 fully saturated rings. The third kappa shape index (κ3) is 16.2. The van der Waals surface area contributed by atoms with Crippen molar-refractivity contribution in [3.8, 4) is 5.75 Å². The number of likely N-dealkylation sites (N-methyl/N-ethyl adjacent to an activating group) is 1. The fourth-order valence-corrected chi connectivity index (χ4v) is 8.11. The number of alkyl halides is 4. The first-order chi connectivity index (χ1) is 23.3. The molecule has 0 aromatic heterocycles. The van der Waals surface area contributed by atoms with E-state index < -0.39 is 23.7 Å². The molecule has 2 aliphatic heterocycles. The lowest BCUT2D eigenvalue weighted by Gasteiger charge is -2.33. The summed E-state index contributed by atoms with van der Waals surface area (Å²) in [6.45, 7) is 7.31. The van der Waals surface area contributed by atoms with Crippen LogP contribution in [0.5, 0.6) is 5.75 Å². The standard InChI is InChI=1S/C15H23N3O4S.C7H15Cl2N2O2P.C5H9Cl2N3O2/c1-3-18-8-4-5-11(18)10-17-15(19)13-9-12(23(16,20)21)6-7-14(13)22-2;8-2-5-11(6-3-9)14(12)10-4-1-7-13-14;6-1-3-8-5(11)10(9-12)4-2-7/h6-7,9,11H,3-5,8,10H2,1-2H3,(H,17,19)(H2,16,20,21);1-7H2,(H,10,12);1-4H2,(H,8,11). The van der Waals surface area contributed by atoms with Crippen LogP contribution in [0.15, 0.2) is 28.4 Å². The number of nitrogens with one attached hydrogen (secondary N) is 3. The van der Waals surface area contributed by atoms with Gasteiger partial charge in [0.2, 0.25) is 10.0 Å². The second-order valence-corrected chi connectivity index (χ2v) is 15.6. The molecule has 282 valence electrons. The van der Waals surface area contributed by atoms with Crippen LogP contribution in [0.1, 0.15) is 36.5 Å². The number of carbonyl (C=O) groups excluding carboxylic acids is 2. The average molecular weight is 817 g/mol. The Hall–Kier alpha value is -1.50. The molecular formula is C27H47Cl4N8O8PS. The summed E-state index contributed by atoms with van der Waals surface area (Å²) in [5, 5.41) is 16.4. The molecule has 1 aromatic rings. The Labute approximate surface area is 308 Å². The topological polar surface area (TPSA) is 205 Å². The number of sulfonamides is 1.